The first-order chi connectivity index (χ1) is 11.8. The van der Waals surface area contributed by atoms with Crippen LogP contribution in [0.1, 0.15) is 5.82 Å². The van der Waals surface area contributed by atoms with E-state index >= 15 is 0 Å². The number of nitrogens with one attached hydrogen (secondary N) is 2. The second kappa shape index (κ2) is 7.65. The summed E-state index contributed by atoms with van der Waals surface area (Å²) < 4.78 is 1.84. The minimum atomic E-state index is -0.283. The third kappa shape index (κ3) is 3.94. The highest BCUT2D eigenvalue weighted by Crippen LogP contribution is 2.17. The summed E-state index contributed by atoms with van der Waals surface area (Å²) in [6.07, 6.45) is 3.64. The molecule has 0 spiro atoms. The summed E-state index contributed by atoms with van der Waals surface area (Å²) in [6.45, 7) is 0.281. The Kier molecular flexibility index (Phi) is 5.12. The van der Waals surface area contributed by atoms with Gasteiger partial charge in [-0.25, -0.2) is 4.79 Å². The number of carbonyl (C=O) groups is 1. The molecular weight excluding hydrogens is 322 g/mol. The van der Waals surface area contributed by atoms with Gasteiger partial charge in [0.15, 0.2) is 5.82 Å². The standard InChI is InChI=1S/C17H17N5OS/c1-24-15-9-7-13(8-10-15)20-17(23)18-11-16-21-19-12-22(16)14-5-3-2-4-6-14/h2-10,12H,11H2,1H3,(H2,18,20,23). The molecule has 0 bridgehead atoms. The van der Waals surface area contributed by atoms with Gasteiger partial charge in [0.1, 0.15) is 6.33 Å². The summed E-state index contributed by atoms with van der Waals surface area (Å²) in [5.41, 5.74) is 1.70. The van der Waals surface area contributed by atoms with E-state index in [9.17, 15) is 4.79 Å². The number of amides is 2. The zero-order chi connectivity index (χ0) is 16.8. The van der Waals surface area contributed by atoms with Crippen molar-refractivity contribution in [2.45, 2.75) is 11.4 Å². The van der Waals surface area contributed by atoms with Crippen LogP contribution in [-0.2, 0) is 6.54 Å². The number of nitrogens with zero attached hydrogens (tertiary/aromatic N) is 3. The molecule has 1 aromatic heterocycles. The van der Waals surface area contributed by atoms with Crippen molar-refractivity contribution in [3.63, 3.8) is 0 Å². The van der Waals surface area contributed by atoms with Gasteiger partial charge < -0.3 is 10.6 Å². The van der Waals surface area contributed by atoms with E-state index in [1.54, 1.807) is 18.1 Å². The lowest BCUT2D eigenvalue weighted by atomic mass is 10.3. The molecule has 0 radical (unpaired) electrons. The van der Waals surface area contributed by atoms with Gasteiger partial charge in [0, 0.05) is 16.3 Å². The van der Waals surface area contributed by atoms with E-state index in [2.05, 4.69) is 20.8 Å². The van der Waals surface area contributed by atoms with Crippen LogP contribution in [0, 0.1) is 0 Å². The average Bonchev–Trinajstić information content (AvgIpc) is 3.10. The first kappa shape index (κ1) is 16.1. The fourth-order valence-corrected chi connectivity index (χ4v) is 2.60. The first-order valence-electron chi connectivity index (χ1n) is 7.39. The normalized spacial score (nSPS) is 10.4. The molecule has 0 aliphatic heterocycles. The molecule has 2 amide bonds. The van der Waals surface area contributed by atoms with Crippen LogP contribution in [0.3, 0.4) is 0 Å². The van der Waals surface area contributed by atoms with Crippen molar-refractivity contribution in [1.29, 1.82) is 0 Å². The van der Waals surface area contributed by atoms with E-state index in [4.69, 9.17) is 0 Å². The van der Waals surface area contributed by atoms with Crippen LogP contribution < -0.4 is 10.6 Å². The maximum atomic E-state index is 12.0. The van der Waals surface area contributed by atoms with Gasteiger partial charge in [-0.3, -0.25) is 4.57 Å². The van der Waals surface area contributed by atoms with E-state index in [1.807, 2.05) is 65.4 Å². The predicted octanol–water partition coefficient (Wildman–Crippen LogP) is 3.31. The molecule has 0 unspecified atom stereocenters. The maximum Gasteiger partial charge on any atom is 0.319 e. The van der Waals surface area contributed by atoms with Gasteiger partial charge in [-0.15, -0.1) is 22.0 Å². The molecule has 2 aromatic carbocycles. The number of aromatic nitrogens is 3. The molecule has 0 aliphatic carbocycles. The first-order valence-corrected chi connectivity index (χ1v) is 8.62. The Morgan fingerprint density at radius 3 is 2.58 bits per heavy atom. The predicted molar refractivity (Wildman–Crippen MR) is 95.4 cm³/mol. The lowest BCUT2D eigenvalue weighted by Gasteiger charge is -2.09. The highest BCUT2D eigenvalue weighted by atomic mass is 32.2. The summed E-state index contributed by atoms with van der Waals surface area (Å²) >= 11 is 1.66. The Morgan fingerprint density at radius 1 is 1.12 bits per heavy atom. The SMILES string of the molecule is CSc1ccc(NC(=O)NCc2nncn2-c2ccccc2)cc1. The molecule has 0 fully saturated rings. The second-order valence-electron chi connectivity index (χ2n) is 4.99. The largest absolute Gasteiger partial charge is 0.331 e. The lowest BCUT2D eigenvalue weighted by molar-refractivity contribution is 0.251. The van der Waals surface area contributed by atoms with Crippen LogP contribution in [0.25, 0.3) is 5.69 Å². The van der Waals surface area contributed by atoms with Gasteiger partial charge in [0.25, 0.3) is 0 Å². The zero-order valence-electron chi connectivity index (χ0n) is 13.1. The molecule has 24 heavy (non-hydrogen) atoms. The monoisotopic (exact) mass is 339 g/mol. The number of carbonyl (C=O) groups excluding carboxylic acids is 1. The second-order valence-corrected chi connectivity index (χ2v) is 5.87. The molecule has 7 heteroatoms. The topological polar surface area (TPSA) is 71.8 Å². The molecule has 3 aromatic rings. The molecule has 0 atom stereocenters. The number of hydrogen-bond donors (Lipinski definition) is 2. The molecule has 6 nitrogen and oxygen atoms in total. The van der Waals surface area contributed by atoms with E-state index in [-0.39, 0.29) is 12.6 Å². The van der Waals surface area contributed by atoms with Crippen LogP contribution >= 0.6 is 11.8 Å². The van der Waals surface area contributed by atoms with Crippen LogP contribution in [0.5, 0.6) is 0 Å². The van der Waals surface area contributed by atoms with Crippen molar-refractivity contribution in [1.82, 2.24) is 20.1 Å². The molecule has 0 saturated heterocycles. The van der Waals surface area contributed by atoms with E-state index < -0.39 is 0 Å². The number of benzene rings is 2. The van der Waals surface area contributed by atoms with Crippen LogP contribution in [-0.4, -0.2) is 27.1 Å². The van der Waals surface area contributed by atoms with Crippen molar-refractivity contribution >= 4 is 23.5 Å². The van der Waals surface area contributed by atoms with Gasteiger partial charge in [0.05, 0.1) is 6.54 Å². The Hall–Kier alpha value is -2.80. The highest BCUT2D eigenvalue weighted by Gasteiger charge is 2.08. The van der Waals surface area contributed by atoms with Gasteiger partial charge >= 0.3 is 6.03 Å². The Balaban J connectivity index is 1.60. The average molecular weight is 339 g/mol. The fraction of sp³-hybridized carbons (Fsp3) is 0.118. The third-order valence-electron chi connectivity index (χ3n) is 3.41. The minimum Gasteiger partial charge on any atom is -0.331 e. The quantitative estimate of drug-likeness (QED) is 0.700. The van der Waals surface area contributed by atoms with E-state index in [0.29, 0.717) is 5.82 Å². The summed E-state index contributed by atoms with van der Waals surface area (Å²) in [5, 5.41) is 13.6. The van der Waals surface area contributed by atoms with Crippen molar-refractivity contribution in [3.8, 4) is 5.69 Å². The van der Waals surface area contributed by atoms with Crippen LogP contribution in [0.15, 0.2) is 65.8 Å². The molecule has 122 valence electrons. The van der Waals surface area contributed by atoms with Crippen LogP contribution in [0.2, 0.25) is 0 Å². The maximum absolute atomic E-state index is 12.0. The molecule has 1 heterocycles. The number of thioether (sulfide) groups is 1. The fourth-order valence-electron chi connectivity index (χ4n) is 2.19. The van der Waals surface area contributed by atoms with Gasteiger partial charge in [-0.05, 0) is 42.7 Å². The number of urea groups is 1. The molecular formula is C17H17N5OS. The third-order valence-corrected chi connectivity index (χ3v) is 4.15. The summed E-state index contributed by atoms with van der Waals surface area (Å²) in [7, 11) is 0. The summed E-state index contributed by atoms with van der Waals surface area (Å²) in [4.78, 5) is 13.2. The zero-order valence-corrected chi connectivity index (χ0v) is 14.0. The lowest BCUT2D eigenvalue weighted by Crippen LogP contribution is -2.29. The number of rotatable bonds is 5. The highest BCUT2D eigenvalue weighted by molar-refractivity contribution is 7.98. The van der Waals surface area contributed by atoms with Gasteiger partial charge in [-0.1, -0.05) is 18.2 Å². The summed E-state index contributed by atoms with van der Waals surface area (Å²) in [6, 6.07) is 17.1. The van der Waals surface area contributed by atoms with E-state index in [1.165, 1.54) is 0 Å². The molecule has 0 aliphatic rings. The van der Waals surface area contributed by atoms with Crippen molar-refractivity contribution in [3.05, 3.63) is 66.7 Å². The number of anilines is 1. The van der Waals surface area contributed by atoms with Crippen LogP contribution in [0.4, 0.5) is 10.5 Å². The summed E-state index contributed by atoms with van der Waals surface area (Å²) in [5.74, 6) is 0.661. The number of para-hydroxylation sites is 1. The molecule has 0 saturated carbocycles. The molecule has 2 N–H and O–H groups in total. The van der Waals surface area contributed by atoms with Gasteiger partial charge in [-0.2, -0.15) is 0 Å². The number of hydrogen-bond acceptors (Lipinski definition) is 4. The molecule has 3 rings (SSSR count). The smallest absolute Gasteiger partial charge is 0.319 e. The van der Waals surface area contributed by atoms with Gasteiger partial charge in [0.2, 0.25) is 0 Å². The Bertz CT molecular complexity index is 801. The minimum absolute atomic E-state index is 0.281. The Morgan fingerprint density at radius 2 is 1.88 bits per heavy atom. The van der Waals surface area contributed by atoms with Crippen molar-refractivity contribution < 1.29 is 4.79 Å². The van der Waals surface area contributed by atoms with Crippen molar-refractivity contribution in [2.75, 3.05) is 11.6 Å². The van der Waals surface area contributed by atoms with Crippen molar-refractivity contribution in [2.24, 2.45) is 0 Å². The Labute approximate surface area is 144 Å². The van der Waals surface area contributed by atoms with E-state index in [0.717, 1.165) is 16.3 Å².